The average molecular weight is 692 g/mol. The van der Waals surface area contributed by atoms with Gasteiger partial charge in [0, 0.05) is 42.9 Å². The van der Waals surface area contributed by atoms with E-state index >= 15 is 0 Å². The molecule has 3 aromatic rings. The van der Waals surface area contributed by atoms with Gasteiger partial charge in [0.15, 0.2) is 0 Å². The van der Waals surface area contributed by atoms with Crippen molar-refractivity contribution in [2.24, 2.45) is 5.92 Å². The number of carbonyl (C=O) groups excluding carboxylic acids is 3. The number of aromatic nitrogens is 2. The second kappa shape index (κ2) is 15.6. The first-order chi connectivity index (χ1) is 23.5. The SMILES string of the molecule is C=CCCCCN(C)C(=O)N1C[C@H](Oc2cc(-c3nc(C(C)C)cs3)nc3cc(OC)ccc23)C[C@H]1C(=O)N[C@]1(C(=O)OCC)C[C@H]1CC. The van der Waals surface area contributed by atoms with Crippen LogP contribution in [0.5, 0.6) is 11.5 Å². The number of methoxy groups -OCH3 is 1. The van der Waals surface area contributed by atoms with Crippen molar-refractivity contribution in [3.63, 3.8) is 0 Å². The fourth-order valence-corrected chi connectivity index (χ4v) is 7.43. The number of esters is 1. The highest BCUT2D eigenvalue weighted by molar-refractivity contribution is 7.13. The molecule has 49 heavy (non-hydrogen) atoms. The maximum Gasteiger partial charge on any atom is 0.332 e. The number of allylic oxidation sites excluding steroid dienone is 1. The van der Waals surface area contributed by atoms with Gasteiger partial charge in [0.2, 0.25) is 5.91 Å². The van der Waals surface area contributed by atoms with Gasteiger partial charge in [0.25, 0.3) is 0 Å². The number of hydrogen-bond acceptors (Lipinski definition) is 9. The van der Waals surface area contributed by atoms with Crippen LogP contribution < -0.4 is 14.8 Å². The molecule has 2 fully saturated rings. The van der Waals surface area contributed by atoms with Gasteiger partial charge in [-0.25, -0.2) is 19.6 Å². The van der Waals surface area contributed by atoms with Crippen molar-refractivity contribution in [2.75, 3.05) is 33.9 Å². The number of unbranched alkanes of at least 4 members (excludes halogenated alkanes) is 2. The second-order valence-electron chi connectivity index (χ2n) is 13.2. The summed E-state index contributed by atoms with van der Waals surface area (Å²) in [6.07, 6.45) is 5.46. The molecule has 12 heteroatoms. The number of amides is 3. The molecule has 1 saturated carbocycles. The van der Waals surface area contributed by atoms with Crippen LogP contribution in [0.25, 0.3) is 21.6 Å². The summed E-state index contributed by atoms with van der Waals surface area (Å²) in [5.41, 5.74) is 1.28. The first kappa shape index (κ1) is 36.1. The molecule has 11 nitrogen and oxygen atoms in total. The number of likely N-dealkylation sites (tertiary alicyclic amines) is 1. The second-order valence-corrected chi connectivity index (χ2v) is 14.1. The highest BCUT2D eigenvalue weighted by Gasteiger charge is 2.62. The molecule has 2 aromatic heterocycles. The molecule has 0 unspecified atom stereocenters. The zero-order valence-electron chi connectivity index (χ0n) is 29.5. The normalized spacial score (nSPS) is 21.4. The number of pyridine rings is 1. The van der Waals surface area contributed by atoms with Crippen molar-refractivity contribution in [3.05, 3.63) is 48.0 Å². The molecule has 264 valence electrons. The molecule has 4 atom stereocenters. The molecule has 1 aliphatic carbocycles. The fourth-order valence-electron chi connectivity index (χ4n) is 6.49. The van der Waals surface area contributed by atoms with Crippen LogP contribution in [0.3, 0.4) is 0 Å². The highest BCUT2D eigenvalue weighted by atomic mass is 32.1. The van der Waals surface area contributed by atoms with Gasteiger partial charge in [-0.05, 0) is 56.6 Å². The van der Waals surface area contributed by atoms with Crippen LogP contribution in [0.2, 0.25) is 0 Å². The lowest BCUT2D eigenvalue weighted by Crippen LogP contribution is -2.55. The van der Waals surface area contributed by atoms with Crippen LogP contribution in [-0.2, 0) is 14.3 Å². The molecule has 5 rings (SSSR count). The van der Waals surface area contributed by atoms with E-state index in [9.17, 15) is 14.4 Å². The Morgan fingerprint density at radius 3 is 2.65 bits per heavy atom. The minimum atomic E-state index is -1.07. The van der Waals surface area contributed by atoms with E-state index in [-0.39, 0.29) is 43.3 Å². The van der Waals surface area contributed by atoms with Crippen LogP contribution in [0, 0.1) is 5.92 Å². The number of ether oxygens (including phenoxy) is 3. The first-order valence-corrected chi connectivity index (χ1v) is 18.2. The van der Waals surface area contributed by atoms with Gasteiger partial charge in [0.1, 0.15) is 39.9 Å². The number of benzene rings is 1. The number of urea groups is 1. The smallest absolute Gasteiger partial charge is 0.332 e. The third kappa shape index (κ3) is 7.84. The predicted molar refractivity (Wildman–Crippen MR) is 191 cm³/mol. The number of rotatable bonds is 15. The van der Waals surface area contributed by atoms with Crippen molar-refractivity contribution >= 4 is 40.1 Å². The maximum absolute atomic E-state index is 14.1. The maximum atomic E-state index is 14.1. The van der Waals surface area contributed by atoms with E-state index in [4.69, 9.17) is 24.2 Å². The zero-order valence-corrected chi connectivity index (χ0v) is 30.3. The molecule has 0 bridgehead atoms. The third-order valence-electron chi connectivity index (χ3n) is 9.48. The summed E-state index contributed by atoms with van der Waals surface area (Å²) < 4.78 is 17.6. The number of fused-ring (bicyclic) bond motifs is 1. The summed E-state index contributed by atoms with van der Waals surface area (Å²) in [6, 6.07) is 6.41. The van der Waals surface area contributed by atoms with Gasteiger partial charge < -0.3 is 29.3 Å². The van der Waals surface area contributed by atoms with Crippen LogP contribution in [0.4, 0.5) is 4.79 Å². The van der Waals surface area contributed by atoms with Gasteiger partial charge in [-0.15, -0.1) is 17.9 Å². The molecule has 1 aliphatic heterocycles. The largest absolute Gasteiger partial charge is 0.497 e. The topological polar surface area (TPSA) is 123 Å². The Labute approximate surface area is 293 Å². The summed E-state index contributed by atoms with van der Waals surface area (Å²) in [4.78, 5) is 54.0. The number of hydrogen-bond donors (Lipinski definition) is 1. The lowest BCUT2D eigenvalue weighted by molar-refractivity contribution is -0.149. The molecule has 1 aromatic carbocycles. The minimum absolute atomic E-state index is 0.0127. The molecule has 1 N–H and O–H groups in total. The summed E-state index contributed by atoms with van der Waals surface area (Å²) >= 11 is 1.53. The van der Waals surface area contributed by atoms with Crippen molar-refractivity contribution in [2.45, 2.75) is 89.8 Å². The minimum Gasteiger partial charge on any atom is -0.497 e. The molecular formula is C37H49N5O6S. The fraction of sp³-hybridized carbons (Fsp3) is 0.541. The van der Waals surface area contributed by atoms with E-state index in [0.29, 0.717) is 35.7 Å². The lowest BCUT2D eigenvalue weighted by atomic mass is 10.1. The van der Waals surface area contributed by atoms with Crippen molar-refractivity contribution in [1.29, 1.82) is 0 Å². The monoisotopic (exact) mass is 691 g/mol. The van der Waals surface area contributed by atoms with E-state index in [1.165, 1.54) is 11.3 Å². The predicted octanol–water partition coefficient (Wildman–Crippen LogP) is 6.57. The van der Waals surface area contributed by atoms with Gasteiger partial charge in [-0.3, -0.25) is 4.79 Å². The number of thiazole rings is 1. The highest BCUT2D eigenvalue weighted by Crippen LogP contribution is 2.47. The van der Waals surface area contributed by atoms with Crippen LogP contribution in [-0.4, -0.2) is 89.2 Å². The van der Waals surface area contributed by atoms with Gasteiger partial charge in [-0.1, -0.05) is 33.3 Å². The van der Waals surface area contributed by atoms with E-state index in [2.05, 4.69) is 25.7 Å². The van der Waals surface area contributed by atoms with Crippen molar-refractivity contribution in [3.8, 4) is 22.2 Å². The molecular weight excluding hydrogens is 643 g/mol. The van der Waals surface area contributed by atoms with Gasteiger partial charge in [-0.2, -0.15) is 0 Å². The Morgan fingerprint density at radius 1 is 1.20 bits per heavy atom. The van der Waals surface area contributed by atoms with Crippen LogP contribution in [0.1, 0.15) is 77.8 Å². The molecule has 0 radical (unpaired) electrons. The average Bonchev–Trinajstić information content (AvgIpc) is 3.38. The number of nitrogens with one attached hydrogen (secondary N) is 1. The Kier molecular flexibility index (Phi) is 11.5. The summed E-state index contributed by atoms with van der Waals surface area (Å²) in [5, 5.41) is 6.62. The Morgan fingerprint density at radius 2 is 2.00 bits per heavy atom. The van der Waals surface area contributed by atoms with E-state index in [1.54, 1.807) is 30.9 Å². The molecule has 3 amide bonds. The Balaban J connectivity index is 1.45. The molecule has 0 spiro atoms. The summed E-state index contributed by atoms with van der Waals surface area (Å²) in [7, 11) is 3.36. The molecule has 2 aliphatic rings. The van der Waals surface area contributed by atoms with Gasteiger partial charge >= 0.3 is 12.0 Å². The standard InChI is InChI=1S/C37H49N5O6S/c1-8-11-12-13-16-41(6)36(45)42-21-26(18-31(42)33(43)40-37(20-24(37)9-2)35(44)47-10-3)48-32-19-29(34-39-30(22-49-34)23(4)5)38-28-17-25(46-7)14-15-27(28)32/h8,14-15,17,19,22-24,26,31H,1,9-13,16,18,20-21H2,2-7H3,(H,40,43)/t24-,26-,31+,37-/m1/s1. The van der Waals surface area contributed by atoms with E-state index in [1.807, 2.05) is 42.6 Å². The van der Waals surface area contributed by atoms with E-state index in [0.717, 1.165) is 41.8 Å². The molecule has 3 heterocycles. The number of nitrogens with zero attached hydrogens (tertiary/aromatic N) is 4. The Hall–Kier alpha value is -4.19. The third-order valence-corrected chi connectivity index (χ3v) is 10.4. The van der Waals surface area contributed by atoms with Crippen LogP contribution >= 0.6 is 11.3 Å². The summed E-state index contributed by atoms with van der Waals surface area (Å²) in [5.74, 6) is 0.705. The zero-order chi connectivity index (χ0) is 35.3. The summed E-state index contributed by atoms with van der Waals surface area (Å²) in [6.45, 7) is 12.7. The van der Waals surface area contributed by atoms with Crippen molar-refractivity contribution in [1.82, 2.24) is 25.1 Å². The van der Waals surface area contributed by atoms with E-state index < -0.39 is 23.7 Å². The lowest BCUT2D eigenvalue weighted by Gasteiger charge is -2.30. The number of carbonyl (C=O) groups is 3. The Bertz CT molecular complexity index is 1680. The van der Waals surface area contributed by atoms with Crippen molar-refractivity contribution < 1.29 is 28.6 Å². The molecule has 1 saturated heterocycles. The first-order valence-electron chi connectivity index (χ1n) is 17.3. The van der Waals surface area contributed by atoms with Crippen LogP contribution in [0.15, 0.2) is 42.3 Å². The van der Waals surface area contributed by atoms with Gasteiger partial charge in [0.05, 0.1) is 31.5 Å². The quantitative estimate of drug-likeness (QED) is 0.108.